The molecule has 0 N–H and O–H groups in total. The Labute approximate surface area is 205 Å². The second kappa shape index (κ2) is 9.82. The van der Waals surface area contributed by atoms with Crippen LogP contribution in [0.25, 0.3) is 11.0 Å². The molecule has 178 valence electrons. The third-order valence-electron chi connectivity index (χ3n) is 7.20. The third-order valence-corrected chi connectivity index (χ3v) is 8.16. The maximum absolute atomic E-state index is 13.4. The van der Waals surface area contributed by atoms with Gasteiger partial charge in [-0.1, -0.05) is 48.2 Å². The molecule has 2 aliphatic rings. The zero-order chi connectivity index (χ0) is 23.7. The van der Waals surface area contributed by atoms with Gasteiger partial charge in [0.05, 0.1) is 16.8 Å². The number of hydrogen-bond donors (Lipinski definition) is 0. The Kier molecular flexibility index (Phi) is 6.63. The van der Waals surface area contributed by atoms with Crippen LogP contribution in [0, 0.1) is 0 Å². The first-order valence-electron chi connectivity index (χ1n) is 12.2. The van der Waals surface area contributed by atoms with Crippen LogP contribution in [0.1, 0.15) is 44.2 Å². The molecule has 6 nitrogen and oxygen atoms in total. The van der Waals surface area contributed by atoms with Crippen LogP contribution >= 0.6 is 11.8 Å². The number of benzene rings is 2. The number of aromatic nitrogens is 2. The van der Waals surface area contributed by atoms with E-state index in [9.17, 15) is 9.59 Å². The van der Waals surface area contributed by atoms with Crippen molar-refractivity contribution in [1.82, 2.24) is 19.4 Å². The predicted octanol–water partition coefficient (Wildman–Crippen LogP) is 4.50. The Morgan fingerprint density at radius 2 is 1.68 bits per heavy atom. The van der Waals surface area contributed by atoms with Gasteiger partial charge in [0.25, 0.3) is 0 Å². The number of rotatable bonds is 5. The van der Waals surface area contributed by atoms with Gasteiger partial charge >= 0.3 is 0 Å². The van der Waals surface area contributed by atoms with Crippen LogP contribution in [-0.2, 0) is 29.1 Å². The molecule has 0 aliphatic carbocycles. The Morgan fingerprint density at radius 1 is 0.971 bits per heavy atom. The second-order valence-corrected chi connectivity index (χ2v) is 10.5. The van der Waals surface area contributed by atoms with Crippen LogP contribution in [0.3, 0.4) is 0 Å². The van der Waals surface area contributed by atoms with E-state index >= 15 is 0 Å². The smallest absolute Gasteiger partial charge is 0.243 e. The van der Waals surface area contributed by atoms with Gasteiger partial charge in [-0.3, -0.25) is 9.59 Å². The van der Waals surface area contributed by atoms with E-state index in [4.69, 9.17) is 4.98 Å². The average Bonchev–Trinajstić information content (AvgIpc) is 3.19. The summed E-state index contributed by atoms with van der Waals surface area (Å²) in [4.78, 5) is 35.2. The molecule has 7 heteroatoms. The average molecular weight is 477 g/mol. The third kappa shape index (κ3) is 4.58. The number of carbonyl (C=O) groups is 2. The lowest BCUT2D eigenvalue weighted by molar-refractivity contribution is -0.138. The first kappa shape index (κ1) is 23.0. The van der Waals surface area contributed by atoms with Gasteiger partial charge < -0.3 is 14.4 Å². The number of imidazole rings is 1. The van der Waals surface area contributed by atoms with Crippen molar-refractivity contribution in [2.75, 3.05) is 12.3 Å². The van der Waals surface area contributed by atoms with Crippen molar-refractivity contribution >= 4 is 34.6 Å². The van der Waals surface area contributed by atoms with Gasteiger partial charge in [0.1, 0.15) is 6.54 Å². The molecule has 0 radical (unpaired) electrons. The fourth-order valence-electron chi connectivity index (χ4n) is 5.37. The Bertz CT molecular complexity index is 1200. The minimum atomic E-state index is 0.114. The van der Waals surface area contributed by atoms with Gasteiger partial charge in [0.15, 0.2) is 5.16 Å². The summed E-state index contributed by atoms with van der Waals surface area (Å²) in [5.74, 6) is 0.558. The van der Waals surface area contributed by atoms with E-state index in [1.54, 1.807) is 0 Å². The molecule has 5 rings (SSSR count). The van der Waals surface area contributed by atoms with Crippen molar-refractivity contribution in [3.8, 4) is 0 Å². The highest BCUT2D eigenvalue weighted by atomic mass is 32.2. The summed E-state index contributed by atoms with van der Waals surface area (Å²) in [7, 11) is 0. The van der Waals surface area contributed by atoms with E-state index in [0.717, 1.165) is 42.0 Å². The molecule has 34 heavy (non-hydrogen) atoms. The lowest BCUT2D eigenvalue weighted by Crippen LogP contribution is -2.48. The standard InChI is InChI=1S/C27H32N4O2S/c1-19-8-7-9-20(2)31(19)25(32)17-30-24-13-6-5-12-23(24)28-27(30)34-18-26(33)29-15-14-21-10-3-4-11-22(21)16-29/h3-6,10-13,19-20H,7-9,14-18H2,1-2H3/t19-,20+. The molecule has 3 heterocycles. The van der Waals surface area contributed by atoms with Gasteiger partial charge in [0.2, 0.25) is 11.8 Å². The Morgan fingerprint density at radius 3 is 2.47 bits per heavy atom. The van der Waals surface area contributed by atoms with Crippen molar-refractivity contribution in [2.45, 2.75) is 69.9 Å². The summed E-state index contributed by atoms with van der Waals surface area (Å²) in [5, 5.41) is 0.734. The fraction of sp³-hybridized carbons (Fsp3) is 0.444. The van der Waals surface area contributed by atoms with E-state index in [1.807, 2.05) is 44.7 Å². The van der Waals surface area contributed by atoms with E-state index in [2.05, 4.69) is 32.0 Å². The van der Waals surface area contributed by atoms with Crippen molar-refractivity contribution in [3.05, 3.63) is 59.7 Å². The Hall–Kier alpha value is -2.80. The largest absolute Gasteiger partial charge is 0.337 e. The van der Waals surface area contributed by atoms with E-state index in [1.165, 1.54) is 29.3 Å². The lowest BCUT2D eigenvalue weighted by Gasteiger charge is -2.39. The number of thioether (sulfide) groups is 1. The van der Waals surface area contributed by atoms with Crippen LogP contribution in [0.4, 0.5) is 0 Å². The van der Waals surface area contributed by atoms with Crippen LogP contribution < -0.4 is 0 Å². The molecule has 3 aromatic rings. The molecule has 0 spiro atoms. The zero-order valence-electron chi connectivity index (χ0n) is 19.9. The highest BCUT2D eigenvalue weighted by Crippen LogP contribution is 2.28. The van der Waals surface area contributed by atoms with Crippen LogP contribution in [0.15, 0.2) is 53.7 Å². The molecule has 1 aromatic heterocycles. The summed E-state index contributed by atoms with van der Waals surface area (Å²) < 4.78 is 2.00. The maximum atomic E-state index is 13.4. The van der Waals surface area contributed by atoms with Gasteiger partial charge in [-0.25, -0.2) is 4.98 Å². The molecule has 1 saturated heterocycles. The summed E-state index contributed by atoms with van der Waals surface area (Å²) >= 11 is 1.44. The highest BCUT2D eigenvalue weighted by Gasteiger charge is 2.30. The van der Waals surface area contributed by atoms with Gasteiger partial charge in [0, 0.05) is 25.2 Å². The topological polar surface area (TPSA) is 58.4 Å². The minimum Gasteiger partial charge on any atom is -0.337 e. The molecule has 2 aromatic carbocycles. The normalized spacial score (nSPS) is 20.4. The fourth-order valence-corrected chi connectivity index (χ4v) is 6.29. The van der Waals surface area contributed by atoms with E-state index < -0.39 is 0 Å². The molecular weight excluding hydrogens is 444 g/mol. The van der Waals surface area contributed by atoms with Crippen LogP contribution in [-0.4, -0.2) is 55.5 Å². The van der Waals surface area contributed by atoms with Gasteiger partial charge in [-0.2, -0.15) is 0 Å². The number of amides is 2. The minimum absolute atomic E-state index is 0.114. The number of hydrogen-bond acceptors (Lipinski definition) is 4. The van der Waals surface area contributed by atoms with Gasteiger partial charge in [-0.15, -0.1) is 0 Å². The SMILES string of the molecule is C[C@@H]1CCC[C@H](C)N1C(=O)Cn1c(SCC(=O)N2CCc3ccccc3C2)nc2ccccc21. The van der Waals surface area contributed by atoms with Crippen LogP contribution in [0.2, 0.25) is 0 Å². The summed E-state index contributed by atoms with van der Waals surface area (Å²) in [5.41, 5.74) is 4.36. The first-order chi connectivity index (χ1) is 16.5. The molecule has 2 atom stereocenters. The number of para-hydroxylation sites is 2. The van der Waals surface area contributed by atoms with Crippen molar-refractivity contribution in [2.24, 2.45) is 0 Å². The van der Waals surface area contributed by atoms with E-state index in [0.29, 0.717) is 12.3 Å². The number of carbonyl (C=O) groups excluding carboxylic acids is 2. The number of nitrogens with zero attached hydrogens (tertiary/aromatic N) is 4. The predicted molar refractivity (Wildman–Crippen MR) is 136 cm³/mol. The number of fused-ring (bicyclic) bond motifs is 2. The number of likely N-dealkylation sites (tertiary alicyclic amines) is 1. The van der Waals surface area contributed by atoms with Crippen molar-refractivity contribution in [3.63, 3.8) is 0 Å². The number of piperidine rings is 1. The summed E-state index contributed by atoms with van der Waals surface area (Å²) in [6.45, 7) is 5.95. The van der Waals surface area contributed by atoms with Crippen LogP contribution in [0.5, 0.6) is 0 Å². The molecule has 0 saturated carbocycles. The zero-order valence-corrected chi connectivity index (χ0v) is 20.8. The van der Waals surface area contributed by atoms with E-state index in [-0.39, 0.29) is 30.4 Å². The molecule has 0 bridgehead atoms. The summed E-state index contributed by atoms with van der Waals surface area (Å²) in [6, 6.07) is 16.8. The molecule has 2 aliphatic heterocycles. The molecule has 2 amide bonds. The monoisotopic (exact) mass is 476 g/mol. The van der Waals surface area contributed by atoms with Gasteiger partial charge in [-0.05, 0) is 62.8 Å². The van der Waals surface area contributed by atoms with Crippen molar-refractivity contribution < 1.29 is 9.59 Å². The highest BCUT2D eigenvalue weighted by molar-refractivity contribution is 7.99. The first-order valence-corrected chi connectivity index (χ1v) is 13.2. The lowest BCUT2D eigenvalue weighted by atomic mass is 9.97. The quantitative estimate of drug-likeness (QED) is 0.509. The molecule has 1 fully saturated rings. The Balaban J connectivity index is 1.32. The second-order valence-electron chi connectivity index (χ2n) is 9.52. The molecule has 0 unspecified atom stereocenters. The van der Waals surface area contributed by atoms with Crippen molar-refractivity contribution in [1.29, 1.82) is 0 Å². The maximum Gasteiger partial charge on any atom is 0.243 e. The summed E-state index contributed by atoms with van der Waals surface area (Å²) in [6.07, 6.45) is 4.17. The molecular formula is C27H32N4O2S.